The number of benzene rings is 8. The van der Waals surface area contributed by atoms with Gasteiger partial charge in [0, 0.05) is 27.1 Å². The fourth-order valence-corrected chi connectivity index (χ4v) is 9.33. The largest absolute Gasteiger partial charge is 0.456 e. The number of hydrogen-bond donors (Lipinski definition) is 0. The van der Waals surface area contributed by atoms with E-state index in [0.717, 1.165) is 77.1 Å². The molecule has 0 spiro atoms. The van der Waals surface area contributed by atoms with Gasteiger partial charge in [0.15, 0.2) is 11.6 Å². The Morgan fingerprint density at radius 3 is 1.72 bits per heavy atom. The number of fused-ring (bicyclic) bond motifs is 9. The van der Waals surface area contributed by atoms with Crippen LogP contribution >= 0.6 is 0 Å². The van der Waals surface area contributed by atoms with E-state index in [-0.39, 0.29) is 0 Å². The second-order valence-electron chi connectivity index (χ2n) is 14.7. The molecular formula is C52H32N4O. The molecule has 0 N–H and O–H groups in total. The molecule has 1 aliphatic rings. The zero-order chi connectivity index (χ0) is 37.5. The van der Waals surface area contributed by atoms with Gasteiger partial charge in [-0.25, -0.2) is 4.98 Å². The SMILES string of the molecule is c1ccc(-c2cccc(C3(c4nc(-c5cccc6oc7ccccc7c56)nc(-n5c6ccccc6c6ccccc65)n4)c4ccccc4-c4ccccc43)c2)cc1. The van der Waals surface area contributed by atoms with Crippen molar-refractivity contribution >= 4 is 43.7 Å². The van der Waals surface area contributed by atoms with Gasteiger partial charge >= 0.3 is 0 Å². The summed E-state index contributed by atoms with van der Waals surface area (Å²) in [6.07, 6.45) is 0. The third kappa shape index (κ3) is 4.54. The minimum absolute atomic E-state index is 0.553. The van der Waals surface area contributed by atoms with Gasteiger partial charge in [-0.05, 0) is 69.3 Å². The highest BCUT2D eigenvalue weighted by molar-refractivity contribution is 6.12. The van der Waals surface area contributed by atoms with E-state index < -0.39 is 5.41 Å². The minimum atomic E-state index is -0.893. The van der Waals surface area contributed by atoms with Crippen molar-refractivity contribution in [2.45, 2.75) is 5.41 Å². The van der Waals surface area contributed by atoms with Crippen molar-refractivity contribution in [2.24, 2.45) is 0 Å². The fraction of sp³-hybridized carbons (Fsp3) is 0.0192. The van der Waals surface area contributed by atoms with Gasteiger partial charge in [-0.1, -0.05) is 164 Å². The van der Waals surface area contributed by atoms with Gasteiger partial charge in [0.1, 0.15) is 16.6 Å². The maximum atomic E-state index is 6.42. The van der Waals surface area contributed by atoms with Crippen LogP contribution in [0.15, 0.2) is 199 Å². The van der Waals surface area contributed by atoms with Gasteiger partial charge in [-0.3, -0.25) is 4.57 Å². The molecule has 0 bridgehead atoms. The number of para-hydroxylation sites is 3. The Balaban J connectivity index is 1.25. The molecule has 0 atom stereocenters. The first-order valence-corrected chi connectivity index (χ1v) is 19.3. The molecule has 57 heavy (non-hydrogen) atoms. The fourth-order valence-electron chi connectivity index (χ4n) is 9.33. The van der Waals surface area contributed by atoms with Crippen LogP contribution in [0.1, 0.15) is 22.5 Å². The van der Waals surface area contributed by atoms with E-state index in [1.807, 2.05) is 24.3 Å². The zero-order valence-electron chi connectivity index (χ0n) is 30.7. The predicted molar refractivity (Wildman–Crippen MR) is 230 cm³/mol. The van der Waals surface area contributed by atoms with Crippen LogP contribution in [-0.4, -0.2) is 19.5 Å². The Morgan fingerprint density at radius 2 is 0.982 bits per heavy atom. The Hall–Kier alpha value is -7.63. The van der Waals surface area contributed by atoms with Crippen LogP contribution in [0.2, 0.25) is 0 Å². The van der Waals surface area contributed by atoms with E-state index in [4.69, 9.17) is 19.4 Å². The first-order valence-electron chi connectivity index (χ1n) is 19.3. The molecule has 1 aliphatic carbocycles. The molecule has 11 aromatic rings. The third-order valence-corrected chi connectivity index (χ3v) is 11.7. The molecule has 0 aliphatic heterocycles. The van der Waals surface area contributed by atoms with Gasteiger partial charge < -0.3 is 4.42 Å². The summed E-state index contributed by atoms with van der Waals surface area (Å²) < 4.78 is 8.63. The number of rotatable bonds is 5. The van der Waals surface area contributed by atoms with Gasteiger partial charge in [-0.2, -0.15) is 9.97 Å². The second-order valence-corrected chi connectivity index (χ2v) is 14.7. The highest BCUT2D eigenvalue weighted by Crippen LogP contribution is 2.56. The van der Waals surface area contributed by atoms with Gasteiger partial charge in [0.2, 0.25) is 5.95 Å². The lowest BCUT2D eigenvalue weighted by molar-refractivity contribution is 0.669. The quantitative estimate of drug-likeness (QED) is 0.177. The summed E-state index contributed by atoms with van der Waals surface area (Å²) in [7, 11) is 0. The van der Waals surface area contributed by atoms with E-state index in [0.29, 0.717) is 17.6 Å². The van der Waals surface area contributed by atoms with Crippen molar-refractivity contribution in [1.82, 2.24) is 19.5 Å². The van der Waals surface area contributed by atoms with E-state index in [1.165, 1.54) is 11.1 Å². The number of nitrogens with zero attached hydrogens (tertiary/aromatic N) is 4. The summed E-state index contributed by atoms with van der Waals surface area (Å²) in [5.74, 6) is 1.78. The van der Waals surface area contributed by atoms with Crippen LogP contribution in [-0.2, 0) is 5.41 Å². The van der Waals surface area contributed by atoms with Crippen LogP contribution in [0.4, 0.5) is 0 Å². The van der Waals surface area contributed by atoms with Gasteiger partial charge in [0.25, 0.3) is 0 Å². The average molecular weight is 729 g/mol. The molecule has 5 nitrogen and oxygen atoms in total. The van der Waals surface area contributed by atoms with Crippen LogP contribution in [0, 0.1) is 0 Å². The summed E-state index contributed by atoms with van der Waals surface area (Å²) in [6.45, 7) is 0. The molecule has 5 heteroatoms. The monoisotopic (exact) mass is 728 g/mol. The summed E-state index contributed by atoms with van der Waals surface area (Å²) in [5, 5.41) is 4.28. The first kappa shape index (κ1) is 31.7. The molecular weight excluding hydrogens is 697 g/mol. The van der Waals surface area contributed by atoms with Crippen LogP contribution in [0.25, 0.3) is 83.3 Å². The van der Waals surface area contributed by atoms with Crippen LogP contribution < -0.4 is 0 Å². The topological polar surface area (TPSA) is 56.7 Å². The highest BCUT2D eigenvalue weighted by Gasteiger charge is 2.49. The Kier molecular flexibility index (Phi) is 6.78. The molecule has 8 aromatic carbocycles. The summed E-state index contributed by atoms with van der Waals surface area (Å²) >= 11 is 0. The molecule has 3 aromatic heterocycles. The second kappa shape index (κ2) is 12.2. The normalized spacial score (nSPS) is 13.1. The maximum absolute atomic E-state index is 6.42. The summed E-state index contributed by atoms with van der Waals surface area (Å²) in [5.41, 5.74) is 11.6. The molecule has 0 saturated heterocycles. The first-order chi connectivity index (χ1) is 28.3. The van der Waals surface area contributed by atoms with Gasteiger partial charge in [-0.15, -0.1) is 0 Å². The Morgan fingerprint density at radius 1 is 0.421 bits per heavy atom. The van der Waals surface area contributed by atoms with Crippen molar-refractivity contribution in [3.63, 3.8) is 0 Å². The van der Waals surface area contributed by atoms with Crippen LogP contribution in [0.5, 0.6) is 0 Å². The average Bonchev–Trinajstić information content (AvgIpc) is 3.93. The molecule has 0 radical (unpaired) electrons. The number of hydrogen-bond acceptors (Lipinski definition) is 4. The molecule has 0 amide bonds. The minimum Gasteiger partial charge on any atom is -0.456 e. The van der Waals surface area contributed by atoms with E-state index >= 15 is 0 Å². The molecule has 266 valence electrons. The van der Waals surface area contributed by atoms with E-state index in [2.05, 4.69) is 174 Å². The molecule has 12 rings (SSSR count). The maximum Gasteiger partial charge on any atom is 0.238 e. The Bertz CT molecular complexity index is 3280. The third-order valence-electron chi connectivity index (χ3n) is 11.7. The molecule has 3 heterocycles. The van der Waals surface area contributed by atoms with Crippen LogP contribution in [0.3, 0.4) is 0 Å². The smallest absolute Gasteiger partial charge is 0.238 e. The molecule has 0 fully saturated rings. The summed E-state index contributed by atoms with van der Waals surface area (Å²) in [4.78, 5) is 16.8. The lowest BCUT2D eigenvalue weighted by atomic mass is 9.71. The predicted octanol–water partition coefficient (Wildman–Crippen LogP) is 12.6. The van der Waals surface area contributed by atoms with Crippen molar-refractivity contribution in [1.29, 1.82) is 0 Å². The standard InChI is InChI=1S/C52H32N4O/c1-2-16-33(17-3-1)34-18-14-19-35(32-34)52(42-26-9-4-20-36(42)37-21-5-10-27-43(37)52)50-53-49(41-25-15-31-47-48(41)40-24-8-13-30-46(40)57-47)54-51(55-50)56-44-28-11-6-22-38(44)39-23-7-12-29-45(39)56/h1-32H. The van der Waals surface area contributed by atoms with Crippen molar-refractivity contribution < 1.29 is 4.42 Å². The zero-order valence-corrected chi connectivity index (χ0v) is 30.7. The number of furan rings is 1. The Labute approximate surface area is 328 Å². The van der Waals surface area contributed by atoms with E-state index in [9.17, 15) is 0 Å². The van der Waals surface area contributed by atoms with Gasteiger partial charge in [0.05, 0.1) is 11.0 Å². The van der Waals surface area contributed by atoms with Crippen molar-refractivity contribution in [2.75, 3.05) is 0 Å². The highest BCUT2D eigenvalue weighted by atomic mass is 16.3. The van der Waals surface area contributed by atoms with Crippen molar-refractivity contribution in [3.8, 4) is 39.6 Å². The molecule has 0 saturated carbocycles. The van der Waals surface area contributed by atoms with Crippen molar-refractivity contribution in [3.05, 3.63) is 217 Å². The lowest BCUT2D eigenvalue weighted by Gasteiger charge is -2.32. The lowest BCUT2D eigenvalue weighted by Crippen LogP contribution is -2.32. The number of aromatic nitrogens is 4. The summed E-state index contributed by atoms with van der Waals surface area (Å²) in [6, 6.07) is 68.3. The molecule has 0 unspecified atom stereocenters. The van der Waals surface area contributed by atoms with E-state index in [1.54, 1.807) is 0 Å².